The predicted molar refractivity (Wildman–Crippen MR) is 132 cm³/mol. The molecule has 7 nitrogen and oxygen atoms in total. The van der Waals surface area contributed by atoms with Crippen LogP contribution < -0.4 is 10.6 Å². The lowest BCUT2D eigenvalue weighted by Crippen LogP contribution is -2.47. The zero-order valence-electron chi connectivity index (χ0n) is 17.7. The van der Waals surface area contributed by atoms with Crippen LogP contribution in [0.4, 0.5) is 0 Å². The number of amides is 1. The van der Waals surface area contributed by atoms with Gasteiger partial charge in [0.1, 0.15) is 0 Å². The van der Waals surface area contributed by atoms with E-state index in [0.717, 1.165) is 16.3 Å². The Bertz CT molecular complexity index is 837. The molecule has 9 heteroatoms. The van der Waals surface area contributed by atoms with Crippen molar-refractivity contribution in [3.05, 3.63) is 51.5 Å². The Morgan fingerprint density at radius 3 is 2.53 bits per heavy atom. The number of thiazole rings is 1. The number of carbonyl (C=O) groups is 1. The maximum atomic E-state index is 13.2. The molecule has 0 bridgehead atoms. The van der Waals surface area contributed by atoms with Crippen molar-refractivity contribution in [3.63, 3.8) is 0 Å². The molecule has 2 N–H and O–H groups in total. The summed E-state index contributed by atoms with van der Waals surface area (Å²) in [5.41, 5.74) is 2.04. The number of ether oxygens (including phenoxy) is 1. The molecule has 0 aliphatic carbocycles. The molecule has 0 spiro atoms. The molecule has 1 aromatic carbocycles. The number of halogens is 1. The van der Waals surface area contributed by atoms with Gasteiger partial charge in [-0.05, 0) is 19.4 Å². The number of rotatable bonds is 6. The van der Waals surface area contributed by atoms with Crippen LogP contribution in [0.15, 0.2) is 35.3 Å². The fraction of sp³-hybridized carbons (Fsp3) is 0.476. The first-order valence-corrected chi connectivity index (χ1v) is 10.7. The number of aliphatic imine (C=N–C) groups is 1. The molecule has 1 fully saturated rings. The number of aromatic nitrogens is 1. The fourth-order valence-corrected chi connectivity index (χ4v) is 4.23. The minimum Gasteiger partial charge on any atom is -0.378 e. The van der Waals surface area contributed by atoms with Crippen molar-refractivity contribution in [1.29, 1.82) is 0 Å². The SMILES string of the molecule is CN=C(NCc1sc(C)nc1C)NCC(C(=O)N1CCOCC1)c1ccccc1.I. The first kappa shape index (κ1) is 24.5. The monoisotopic (exact) mass is 543 g/mol. The molecule has 0 radical (unpaired) electrons. The first-order valence-electron chi connectivity index (χ1n) is 9.87. The molecule has 1 aliphatic heterocycles. The molecular weight excluding hydrogens is 513 g/mol. The van der Waals surface area contributed by atoms with Crippen LogP contribution in [0.25, 0.3) is 0 Å². The van der Waals surface area contributed by atoms with Gasteiger partial charge >= 0.3 is 0 Å². The molecular formula is C21H30IN5O2S. The second-order valence-electron chi connectivity index (χ2n) is 6.95. The van der Waals surface area contributed by atoms with E-state index in [0.29, 0.717) is 45.4 Å². The average Bonchev–Trinajstić information content (AvgIpc) is 3.08. The Labute approximate surface area is 199 Å². The van der Waals surface area contributed by atoms with Gasteiger partial charge in [-0.25, -0.2) is 4.98 Å². The largest absolute Gasteiger partial charge is 0.378 e. The van der Waals surface area contributed by atoms with Gasteiger partial charge in [-0.2, -0.15) is 0 Å². The van der Waals surface area contributed by atoms with Crippen molar-refractivity contribution < 1.29 is 9.53 Å². The van der Waals surface area contributed by atoms with Gasteiger partial charge in [0.2, 0.25) is 5.91 Å². The van der Waals surface area contributed by atoms with Crippen molar-refractivity contribution in [2.24, 2.45) is 4.99 Å². The molecule has 1 saturated heterocycles. The van der Waals surface area contributed by atoms with E-state index in [1.807, 2.05) is 49.1 Å². The Morgan fingerprint density at radius 2 is 1.93 bits per heavy atom. The zero-order chi connectivity index (χ0) is 20.6. The smallest absolute Gasteiger partial charge is 0.232 e. The number of hydrogen-bond acceptors (Lipinski definition) is 5. The summed E-state index contributed by atoms with van der Waals surface area (Å²) in [6, 6.07) is 9.91. The van der Waals surface area contributed by atoms with E-state index in [-0.39, 0.29) is 35.8 Å². The molecule has 0 saturated carbocycles. The normalized spacial score (nSPS) is 15.3. The highest BCUT2D eigenvalue weighted by Gasteiger charge is 2.27. The molecule has 164 valence electrons. The van der Waals surface area contributed by atoms with E-state index < -0.39 is 0 Å². The van der Waals surface area contributed by atoms with E-state index in [9.17, 15) is 4.79 Å². The number of carbonyl (C=O) groups excluding carboxylic acids is 1. The van der Waals surface area contributed by atoms with E-state index >= 15 is 0 Å². The predicted octanol–water partition coefficient (Wildman–Crippen LogP) is 2.69. The lowest BCUT2D eigenvalue weighted by molar-refractivity contribution is -0.136. The minimum atomic E-state index is -0.278. The maximum absolute atomic E-state index is 13.2. The molecule has 3 rings (SSSR count). The zero-order valence-corrected chi connectivity index (χ0v) is 20.8. The topological polar surface area (TPSA) is 78.8 Å². The van der Waals surface area contributed by atoms with Crippen LogP contribution in [-0.2, 0) is 16.1 Å². The molecule has 1 aromatic heterocycles. The molecule has 30 heavy (non-hydrogen) atoms. The fourth-order valence-electron chi connectivity index (χ4n) is 3.36. The summed E-state index contributed by atoms with van der Waals surface area (Å²) in [4.78, 5) is 25.0. The first-order chi connectivity index (χ1) is 14.1. The van der Waals surface area contributed by atoms with Crippen molar-refractivity contribution in [1.82, 2.24) is 20.5 Å². The van der Waals surface area contributed by atoms with Crippen LogP contribution in [0, 0.1) is 13.8 Å². The Hall–Kier alpha value is -1.72. The van der Waals surface area contributed by atoms with Crippen LogP contribution in [0.5, 0.6) is 0 Å². The number of nitrogens with zero attached hydrogens (tertiary/aromatic N) is 3. The number of nitrogens with one attached hydrogen (secondary N) is 2. The van der Waals surface area contributed by atoms with E-state index in [1.54, 1.807) is 18.4 Å². The van der Waals surface area contributed by atoms with Crippen molar-refractivity contribution in [3.8, 4) is 0 Å². The lowest BCUT2D eigenvalue weighted by Gasteiger charge is -2.31. The maximum Gasteiger partial charge on any atom is 0.232 e. The Balaban J connectivity index is 0.00000320. The van der Waals surface area contributed by atoms with Crippen molar-refractivity contribution in [2.75, 3.05) is 39.9 Å². The number of benzene rings is 1. The van der Waals surface area contributed by atoms with E-state index in [4.69, 9.17) is 4.74 Å². The van der Waals surface area contributed by atoms with Gasteiger partial charge in [0.05, 0.1) is 36.4 Å². The summed E-state index contributed by atoms with van der Waals surface area (Å²) in [5.74, 6) is 0.516. The van der Waals surface area contributed by atoms with Gasteiger partial charge in [-0.3, -0.25) is 9.79 Å². The summed E-state index contributed by atoms with van der Waals surface area (Å²) in [5, 5.41) is 7.72. The number of aryl methyl sites for hydroxylation is 2. The Kier molecular flexibility index (Phi) is 9.99. The van der Waals surface area contributed by atoms with Gasteiger partial charge in [-0.15, -0.1) is 35.3 Å². The molecule has 2 aromatic rings. The molecule has 1 amide bonds. The summed E-state index contributed by atoms with van der Waals surface area (Å²) in [6.45, 7) is 7.62. The van der Waals surface area contributed by atoms with Crippen molar-refractivity contribution >= 4 is 47.2 Å². The summed E-state index contributed by atoms with van der Waals surface area (Å²) in [6.07, 6.45) is 0. The third-order valence-corrected chi connectivity index (χ3v) is 6.01. The third kappa shape index (κ3) is 6.64. The standard InChI is InChI=1S/C21H29N5O2S.HI/c1-15-19(29-16(2)25-15)14-24-21(22-3)23-13-18(17-7-5-4-6-8-17)20(27)26-9-11-28-12-10-26;/h4-8,18H,9-14H2,1-3H3,(H2,22,23,24);1H. The van der Waals surface area contributed by atoms with Crippen LogP contribution in [0.1, 0.15) is 27.1 Å². The van der Waals surface area contributed by atoms with Crippen LogP contribution in [0.3, 0.4) is 0 Å². The average molecular weight is 543 g/mol. The highest BCUT2D eigenvalue weighted by atomic mass is 127. The van der Waals surface area contributed by atoms with E-state index in [1.165, 1.54) is 4.88 Å². The van der Waals surface area contributed by atoms with E-state index in [2.05, 4.69) is 20.6 Å². The second kappa shape index (κ2) is 12.2. The van der Waals surface area contributed by atoms with Gasteiger partial charge in [0.25, 0.3) is 0 Å². The summed E-state index contributed by atoms with van der Waals surface area (Å²) < 4.78 is 5.39. The van der Waals surface area contributed by atoms with Gasteiger partial charge in [0, 0.05) is 31.6 Å². The second-order valence-corrected chi connectivity index (χ2v) is 8.24. The van der Waals surface area contributed by atoms with Gasteiger partial charge < -0.3 is 20.3 Å². The molecule has 2 heterocycles. The van der Waals surface area contributed by atoms with Crippen LogP contribution in [0.2, 0.25) is 0 Å². The molecule has 1 aliphatic rings. The Morgan fingerprint density at radius 1 is 1.23 bits per heavy atom. The highest BCUT2D eigenvalue weighted by Crippen LogP contribution is 2.19. The molecule has 1 unspecified atom stereocenters. The minimum absolute atomic E-state index is 0. The molecule has 1 atom stereocenters. The van der Waals surface area contributed by atoms with Crippen LogP contribution >= 0.6 is 35.3 Å². The van der Waals surface area contributed by atoms with Crippen molar-refractivity contribution in [2.45, 2.75) is 26.3 Å². The van der Waals surface area contributed by atoms with Gasteiger partial charge in [-0.1, -0.05) is 30.3 Å². The summed E-state index contributed by atoms with van der Waals surface area (Å²) >= 11 is 1.68. The summed E-state index contributed by atoms with van der Waals surface area (Å²) in [7, 11) is 1.74. The third-order valence-electron chi connectivity index (χ3n) is 4.94. The van der Waals surface area contributed by atoms with Gasteiger partial charge in [0.15, 0.2) is 5.96 Å². The number of morpholine rings is 1. The highest BCUT2D eigenvalue weighted by molar-refractivity contribution is 14.0. The van der Waals surface area contributed by atoms with Crippen LogP contribution in [-0.4, -0.2) is 61.6 Å². The number of hydrogen-bond donors (Lipinski definition) is 2. The number of guanidine groups is 1. The quantitative estimate of drug-likeness (QED) is 0.333. The lowest BCUT2D eigenvalue weighted by atomic mass is 9.97.